The third-order valence-corrected chi connectivity index (χ3v) is 5.98. The minimum absolute atomic E-state index is 0.275. The molecule has 0 saturated carbocycles. The number of methoxy groups -OCH3 is 1. The first-order valence-corrected chi connectivity index (χ1v) is 10.5. The lowest BCUT2D eigenvalue weighted by Crippen LogP contribution is -2.36. The molecule has 3 heterocycles. The number of para-hydroxylation sites is 4. The molecule has 1 fully saturated rings. The average Bonchev–Trinajstić information content (AvgIpc) is 3.38. The standard InChI is InChI=1S/C22H23N5O2S/c1-28-20-11-5-3-9-18(20)26-14-23-27(22(26)30)15-25-12-6-7-16(13-25)21-24-17-8-2-4-10-19(17)29-21/h2-5,8-11,14,16H,6-7,12-13,15H2,1H3/t16-/m0/s1. The Morgan fingerprint density at radius 1 is 1.17 bits per heavy atom. The summed E-state index contributed by atoms with van der Waals surface area (Å²) in [7, 11) is 1.66. The Bertz CT molecular complexity index is 1190. The van der Waals surface area contributed by atoms with E-state index in [9.17, 15) is 0 Å². The lowest BCUT2D eigenvalue weighted by Gasteiger charge is -2.30. The molecule has 0 spiro atoms. The van der Waals surface area contributed by atoms with Gasteiger partial charge in [0, 0.05) is 12.5 Å². The summed E-state index contributed by atoms with van der Waals surface area (Å²) in [5.41, 5.74) is 2.66. The van der Waals surface area contributed by atoms with E-state index < -0.39 is 0 Å². The van der Waals surface area contributed by atoms with E-state index in [1.54, 1.807) is 13.4 Å². The fourth-order valence-electron chi connectivity index (χ4n) is 4.07. The lowest BCUT2D eigenvalue weighted by molar-refractivity contribution is 0.147. The molecule has 1 aliphatic heterocycles. The SMILES string of the molecule is COc1ccccc1-n1cnn(CN2CCC[C@H](c3nc4ccccc4o3)C2)c1=S. The number of ether oxygens (including phenoxy) is 1. The predicted octanol–water partition coefficient (Wildman–Crippen LogP) is 4.39. The van der Waals surface area contributed by atoms with Gasteiger partial charge in [0.25, 0.3) is 0 Å². The molecule has 1 saturated heterocycles. The van der Waals surface area contributed by atoms with Gasteiger partial charge in [0.2, 0.25) is 4.77 Å². The van der Waals surface area contributed by atoms with Crippen LogP contribution in [0.4, 0.5) is 0 Å². The van der Waals surface area contributed by atoms with Crippen molar-refractivity contribution in [3.05, 3.63) is 65.5 Å². The van der Waals surface area contributed by atoms with Gasteiger partial charge >= 0.3 is 0 Å². The maximum atomic E-state index is 6.02. The van der Waals surface area contributed by atoms with Crippen molar-refractivity contribution in [3.8, 4) is 11.4 Å². The molecule has 0 unspecified atom stereocenters. The van der Waals surface area contributed by atoms with E-state index in [4.69, 9.17) is 26.4 Å². The number of oxazole rings is 1. The molecule has 7 nitrogen and oxygen atoms in total. The molecule has 154 valence electrons. The molecule has 0 aliphatic carbocycles. The van der Waals surface area contributed by atoms with E-state index >= 15 is 0 Å². The summed E-state index contributed by atoms with van der Waals surface area (Å²) in [5.74, 6) is 1.86. The van der Waals surface area contributed by atoms with Crippen molar-refractivity contribution in [1.82, 2.24) is 24.2 Å². The van der Waals surface area contributed by atoms with Crippen LogP contribution in [0.15, 0.2) is 59.3 Å². The summed E-state index contributed by atoms with van der Waals surface area (Å²) < 4.78 is 15.9. The monoisotopic (exact) mass is 421 g/mol. The highest BCUT2D eigenvalue weighted by atomic mass is 32.1. The molecule has 8 heteroatoms. The molecule has 0 bridgehead atoms. The Hall–Kier alpha value is -2.97. The molecule has 4 aromatic rings. The summed E-state index contributed by atoms with van der Waals surface area (Å²) in [5, 5.41) is 4.53. The quantitative estimate of drug-likeness (QED) is 0.446. The van der Waals surface area contributed by atoms with Gasteiger partial charge < -0.3 is 9.15 Å². The molecule has 0 radical (unpaired) electrons. The van der Waals surface area contributed by atoms with Crippen molar-refractivity contribution in [2.75, 3.05) is 20.2 Å². The Kier molecular flexibility index (Phi) is 5.10. The zero-order valence-corrected chi connectivity index (χ0v) is 17.6. The molecular formula is C22H23N5O2S. The van der Waals surface area contributed by atoms with Gasteiger partial charge in [-0.15, -0.1) is 0 Å². The number of nitrogens with zero attached hydrogens (tertiary/aromatic N) is 5. The maximum absolute atomic E-state index is 6.02. The number of benzene rings is 2. The zero-order valence-electron chi connectivity index (χ0n) is 16.8. The molecule has 0 N–H and O–H groups in total. The van der Waals surface area contributed by atoms with E-state index in [0.717, 1.165) is 54.4 Å². The van der Waals surface area contributed by atoms with Gasteiger partial charge in [-0.2, -0.15) is 5.10 Å². The minimum Gasteiger partial charge on any atom is -0.495 e. The normalized spacial score (nSPS) is 17.4. The van der Waals surface area contributed by atoms with Crippen LogP contribution in [-0.4, -0.2) is 44.4 Å². The van der Waals surface area contributed by atoms with Crippen molar-refractivity contribution in [1.29, 1.82) is 0 Å². The van der Waals surface area contributed by atoms with Crippen LogP contribution >= 0.6 is 12.2 Å². The van der Waals surface area contributed by atoms with Crippen LogP contribution < -0.4 is 4.74 Å². The van der Waals surface area contributed by atoms with Crippen LogP contribution in [0.25, 0.3) is 16.8 Å². The van der Waals surface area contributed by atoms with Crippen LogP contribution in [-0.2, 0) is 6.67 Å². The van der Waals surface area contributed by atoms with Gasteiger partial charge in [-0.1, -0.05) is 24.3 Å². The third kappa shape index (κ3) is 3.53. The van der Waals surface area contributed by atoms with Crippen LogP contribution in [0.2, 0.25) is 0 Å². The minimum atomic E-state index is 0.275. The van der Waals surface area contributed by atoms with Gasteiger partial charge in [0.05, 0.1) is 19.5 Å². The number of hydrogen-bond donors (Lipinski definition) is 0. The maximum Gasteiger partial charge on any atom is 0.203 e. The van der Waals surface area contributed by atoms with Gasteiger partial charge in [-0.05, 0) is 55.9 Å². The molecule has 1 atom stereocenters. The first-order valence-electron chi connectivity index (χ1n) is 10.1. The van der Waals surface area contributed by atoms with Gasteiger partial charge in [-0.25, -0.2) is 9.67 Å². The predicted molar refractivity (Wildman–Crippen MR) is 116 cm³/mol. The van der Waals surface area contributed by atoms with E-state index in [1.165, 1.54) is 0 Å². The molecule has 1 aliphatic rings. The summed E-state index contributed by atoms with van der Waals surface area (Å²) in [6.07, 6.45) is 3.91. The van der Waals surface area contributed by atoms with Gasteiger partial charge in [0.1, 0.15) is 17.6 Å². The summed E-state index contributed by atoms with van der Waals surface area (Å²) in [6.45, 7) is 2.51. The smallest absolute Gasteiger partial charge is 0.203 e. The molecule has 30 heavy (non-hydrogen) atoms. The van der Waals surface area contributed by atoms with E-state index in [0.29, 0.717) is 11.4 Å². The largest absolute Gasteiger partial charge is 0.495 e. The Morgan fingerprint density at radius 3 is 2.87 bits per heavy atom. The number of aromatic nitrogens is 4. The number of likely N-dealkylation sites (tertiary alicyclic amines) is 1. The zero-order chi connectivity index (χ0) is 20.5. The summed E-state index contributed by atoms with van der Waals surface area (Å²) >= 11 is 5.70. The first-order chi connectivity index (χ1) is 14.7. The second-order valence-corrected chi connectivity index (χ2v) is 7.90. The van der Waals surface area contributed by atoms with Crippen molar-refractivity contribution in [3.63, 3.8) is 0 Å². The molecule has 5 rings (SSSR count). The topological polar surface area (TPSA) is 61.2 Å². The van der Waals surface area contributed by atoms with Gasteiger partial charge in [-0.3, -0.25) is 9.47 Å². The Morgan fingerprint density at radius 2 is 2.00 bits per heavy atom. The highest BCUT2D eigenvalue weighted by Crippen LogP contribution is 2.29. The number of piperidine rings is 1. The molecule has 0 amide bonds. The Labute approximate surface area is 179 Å². The van der Waals surface area contributed by atoms with E-state index in [2.05, 4.69) is 10.00 Å². The van der Waals surface area contributed by atoms with Crippen LogP contribution in [0.5, 0.6) is 5.75 Å². The molecule has 2 aromatic heterocycles. The molecule has 2 aromatic carbocycles. The fraction of sp³-hybridized carbons (Fsp3) is 0.318. The van der Waals surface area contributed by atoms with E-state index in [-0.39, 0.29) is 5.92 Å². The summed E-state index contributed by atoms with van der Waals surface area (Å²) in [4.78, 5) is 7.06. The second-order valence-electron chi connectivity index (χ2n) is 7.53. The first kappa shape index (κ1) is 19.0. The fourth-order valence-corrected chi connectivity index (χ4v) is 4.32. The number of hydrogen-bond acceptors (Lipinski definition) is 6. The van der Waals surface area contributed by atoms with Crippen LogP contribution in [0, 0.1) is 4.77 Å². The van der Waals surface area contributed by atoms with Gasteiger partial charge in [0.15, 0.2) is 11.5 Å². The van der Waals surface area contributed by atoms with Crippen LogP contribution in [0.1, 0.15) is 24.7 Å². The Balaban J connectivity index is 1.35. The third-order valence-electron chi connectivity index (χ3n) is 5.58. The molecular weight excluding hydrogens is 398 g/mol. The summed E-state index contributed by atoms with van der Waals surface area (Å²) in [6, 6.07) is 15.7. The highest BCUT2D eigenvalue weighted by molar-refractivity contribution is 7.71. The highest BCUT2D eigenvalue weighted by Gasteiger charge is 2.26. The number of fused-ring (bicyclic) bond motifs is 1. The van der Waals surface area contributed by atoms with Crippen molar-refractivity contribution in [2.45, 2.75) is 25.4 Å². The average molecular weight is 422 g/mol. The van der Waals surface area contributed by atoms with E-state index in [1.807, 2.05) is 57.8 Å². The van der Waals surface area contributed by atoms with Crippen molar-refractivity contribution < 1.29 is 9.15 Å². The lowest BCUT2D eigenvalue weighted by atomic mass is 9.98. The number of rotatable bonds is 5. The van der Waals surface area contributed by atoms with Crippen LogP contribution in [0.3, 0.4) is 0 Å². The van der Waals surface area contributed by atoms with Crippen molar-refractivity contribution >= 4 is 23.3 Å². The van der Waals surface area contributed by atoms with Crippen molar-refractivity contribution in [2.24, 2.45) is 0 Å². The second kappa shape index (κ2) is 8.04.